The summed E-state index contributed by atoms with van der Waals surface area (Å²) in [6, 6.07) is 9.69. The number of anilines is 1. The van der Waals surface area contributed by atoms with Gasteiger partial charge >= 0.3 is 0 Å². The van der Waals surface area contributed by atoms with Crippen LogP contribution in [0.15, 0.2) is 46.6 Å². The third-order valence-electron chi connectivity index (χ3n) is 6.31. The lowest BCUT2D eigenvalue weighted by molar-refractivity contribution is 0.326. The molecule has 1 spiro atoms. The minimum atomic E-state index is 0.287. The van der Waals surface area contributed by atoms with E-state index in [2.05, 4.69) is 36.5 Å². The first-order valence-corrected chi connectivity index (χ1v) is 11.0. The van der Waals surface area contributed by atoms with Gasteiger partial charge in [0.05, 0.1) is 5.39 Å². The number of aromatic nitrogens is 4. The van der Waals surface area contributed by atoms with E-state index in [1.165, 1.54) is 0 Å². The molecule has 0 N–H and O–H groups in total. The Balaban J connectivity index is 1.18. The van der Waals surface area contributed by atoms with E-state index in [9.17, 15) is 0 Å². The van der Waals surface area contributed by atoms with Gasteiger partial charge in [-0.3, -0.25) is 0 Å². The Bertz CT molecular complexity index is 1200. The highest BCUT2D eigenvalue weighted by atomic mass is 35.5. The van der Waals surface area contributed by atoms with E-state index < -0.39 is 0 Å². The quantitative estimate of drug-likeness (QED) is 0.453. The zero-order valence-electron chi connectivity index (χ0n) is 15.6. The van der Waals surface area contributed by atoms with Crippen molar-refractivity contribution in [2.75, 3.05) is 18.0 Å². The lowest BCUT2D eigenvalue weighted by atomic mass is 9.90. The number of thiophene rings is 1. The first kappa shape index (κ1) is 17.4. The average Bonchev–Trinajstić information content (AvgIpc) is 3.13. The van der Waals surface area contributed by atoms with Gasteiger partial charge in [-0.25, -0.2) is 9.97 Å². The van der Waals surface area contributed by atoms with Gasteiger partial charge in [0.2, 0.25) is 11.7 Å². The van der Waals surface area contributed by atoms with E-state index in [0.29, 0.717) is 16.8 Å². The number of benzene rings is 1. The van der Waals surface area contributed by atoms with Crippen molar-refractivity contribution in [3.63, 3.8) is 0 Å². The molecule has 1 saturated heterocycles. The summed E-state index contributed by atoms with van der Waals surface area (Å²) in [7, 11) is 0. The topological polar surface area (TPSA) is 67.9 Å². The molecule has 6 nitrogen and oxygen atoms in total. The molecule has 1 aliphatic heterocycles. The lowest BCUT2D eigenvalue weighted by Crippen LogP contribution is -2.35. The fourth-order valence-electron chi connectivity index (χ4n) is 4.56. The van der Waals surface area contributed by atoms with Gasteiger partial charge in [-0.15, -0.1) is 11.3 Å². The molecule has 6 rings (SSSR count). The van der Waals surface area contributed by atoms with Gasteiger partial charge in [-0.05, 0) is 48.3 Å². The molecule has 1 aromatic carbocycles. The Morgan fingerprint density at radius 3 is 2.93 bits per heavy atom. The summed E-state index contributed by atoms with van der Waals surface area (Å²) >= 11 is 7.75. The molecule has 0 radical (unpaired) electrons. The van der Waals surface area contributed by atoms with Crippen LogP contribution in [0.5, 0.6) is 0 Å². The second-order valence-corrected chi connectivity index (χ2v) is 9.24. The third kappa shape index (κ3) is 2.91. The highest BCUT2D eigenvalue weighted by molar-refractivity contribution is 7.16. The molecule has 1 atom stereocenters. The largest absolute Gasteiger partial charge is 0.356 e. The lowest BCUT2D eigenvalue weighted by Gasteiger charge is -2.33. The summed E-state index contributed by atoms with van der Waals surface area (Å²) in [6.07, 6.45) is 5.02. The maximum atomic E-state index is 6.09. The van der Waals surface area contributed by atoms with Crippen LogP contribution in [0.4, 0.5) is 5.82 Å². The number of halogens is 1. The van der Waals surface area contributed by atoms with Crippen LogP contribution in [0.1, 0.15) is 31.1 Å². The van der Waals surface area contributed by atoms with E-state index in [4.69, 9.17) is 16.1 Å². The minimum absolute atomic E-state index is 0.287. The van der Waals surface area contributed by atoms with Crippen molar-refractivity contribution in [2.45, 2.75) is 25.2 Å². The Morgan fingerprint density at radius 1 is 1.17 bits per heavy atom. The Kier molecular flexibility index (Phi) is 3.89. The van der Waals surface area contributed by atoms with Crippen LogP contribution in [0.3, 0.4) is 0 Å². The molecular weight excluding hydrogens is 406 g/mol. The Morgan fingerprint density at radius 2 is 2.07 bits per heavy atom. The van der Waals surface area contributed by atoms with Gasteiger partial charge in [-0.2, -0.15) is 4.98 Å². The molecule has 0 unspecified atom stereocenters. The van der Waals surface area contributed by atoms with Crippen molar-refractivity contribution >= 4 is 39.0 Å². The molecule has 4 heterocycles. The highest BCUT2D eigenvalue weighted by Crippen LogP contribution is 2.64. The molecular formula is C21H18ClN5OS. The van der Waals surface area contributed by atoms with Crippen LogP contribution in [-0.2, 0) is 0 Å². The van der Waals surface area contributed by atoms with Crippen LogP contribution >= 0.6 is 22.9 Å². The predicted octanol–water partition coefficient (Wildman–Crippen LogP) is 5.17. The standard InChI is InChI=1S/C21H18ClN5OS/c22-14-3-1-2-13(10-14)17-25-19(28-26-17)16-11-21(16)5-7-27(8-6-21)18-15-4-9-29-20(15)24-12-23-18/h1-4,9-10,12,16H,5-8,11H2/t16-/m0/s1. The molecule has 146 valence electrons. The monoisotopic (exact) mass is 423 g/mol. The van der Waals surface area contributed by atoms with E-state index in [1.54, 1.807) is 17.7 Å². The summed E-state index contributed by atoms with van der Waals surface area (Å²) in [5, 5.41) is 8.10. The van der Waals surface area contributed by atoms with Crippen LogP contribution in [0.25, 0.3) is 21.6 Å². The summed E-state index contributed by atoms with van der Waals surface area (Å²) < 4.78 is 5.63. The molecule has 0 amide bonds. The normalized spacial score (nSPS) is 20.4. The van der Waals surface area contributed by atoms with Crippen LogP contribution in [-0.4, -0.2) is 33.2 Å². The third-order valence-corrected chi connectivity index (χ3v) is 7.37. The number of hydrogen-bond donors (Lipinski definition) is 0. The summed E-state index contributed by atoms with van der Waals surface area (Å²) in [4.78, 5) is 17.1. The van der Waals surface area contributed by atoms with Crippen molar-refractivity contribution in [1.82, 2.24) is 20.1 Å². The van der Waals surface area contributed by atoms with E-state index in [1.807, 2.05) is 24.3 Å². The first-order chi connectivity index (χ1) is 14.2. The minimum Gasteiger partial charge on any atom is -0.356 e. The fraction of sp³-hybridized carbons (Fsp3) is 0.333. The average molecular weight is 424 g/mol. The van der Waals surface area contributed by atoms with Gasteiger partial charge in [0, 0.05) is 29.6 Å². The van der Waals surface area contributed by atoms with E-state index in [0.717, 1.165) is 59.8 Å². The smallest absolute Gasteiger partial charge is 0.230 e. The van der Waals surface area contributed by atoms with E-state index in [-0.39, 0.29) is 5.41 Å². The molecule has 4 aromatic rings. The van der Waals surface area contributed by atoms with Gasteiger partial charge in [-0.1, -0.05) is 28.9 Å². The van der Waals surface area contributed by atoms with Crippen LogP contribution in [0.2, 0.25) is 5.02 Å². The van der Waals surface area contributed by atoms with Crippen molar-refractivity contribution < 1.29 is 4.52 Å². The number of rotatable bonds is 3. The molecule has 1 aliphatic carbocycles. The van der Waals surface area contributed by atoms with Crippen molar-refractivity contribution in [1.29, 1.82) is 0 Å². The number of hydrogen-bond acceptors (Lipinski definition) is 7. The van der Waals surface area contributed by atoms with Crippen LogP contribution < -0.4 is 4.90 Å². The second-order valence-electron chi connectivity index (χ2n) is 7.91. The molecule has 1 saturated carbocycles. The molecule has 29 heavy (non-hydrogen) atoms. The van der Waals surface area contributed by atoms with Gasteiger partial charge < -0.3 is 9.42 Å². The summed E-state index contributed by atoms with van der Waals surface area (Å²) in [5.74, 6) is 2.79. The first-order valence-electron chi connectivity index (χ1n) is 9.75. The van der Waals surface area contributed by atoms with Crippen molar-refractivity contribution in [2.24, 2.45) is 5.41 Å². The molecule has 2 aliphatic rings. The maximum absolute atomic E-state index is 6.09. The number of fused-ring (bicyclic) bond motifs is 1. The van der Waals surface area contributed by atoms with Crippen molar-refractivity contribution in [3.05, 3.63) is 53.0 Å². The Hall–Kier alpha value is -2.51. The molecule has 3 aromatic heterocycles. The summed E-state index contributed by atoms with van der Waals surface area (Å²) in [5.41, 5.74) is 1.18. The SMILES string of the molecule is Clc1cccc(-c2noc([C@@H]3CC34CCN(c3ncnc5sccc35)CC4)n2)c1. The van der Waals surface area contributed by atoms with Crippen LogP contribution in [0, 0.1) is 5.41 Å². The van der Waals surface area contributed by atoms with Gasteiger partial charge in [0.15, 0.2) is 0 Å². The zero-order chi connectivity index (χ0) is 19.4. The number of piperidine rings is 1. The fourth-order valence-corrected chi connectivity index (χ4v) is 5.48. The van der Waals surface area contributed by atoms with E-state index >= 15 is 0 Å². The Labute approximate surface area is 176 Å². The maximum Gasteiger partial charge on any atom is 0.230 e. The van der Waals surface area contributed by atoms with Gasteiger partial charge in [0.1, 0.15) is 17.0 Å². The molecule has 2 fully saturated rings. The zero-order valence-corrected chi connectivity index (χ0v) is 17.2. The van der Waals surface area contributed by atoms with Gasteiger partial charge in [0.25, 0.3) is 0 Å². The second kappa shape index (κ2) is 6.50. The molecule has 0 bridgehead atoms. The summed E-state index contributed by atoms with van der Waals surface area (Å²) in [6.45, 7) is 1.99. The number of nitrogens with zero attached hydrogens (tertiary/aromatic N) is 5. The highest BCUT2D eigenvalue weighted by Gasteiger charge is 2.58. The predicted molar refractivity (Wildman–Crippen MR) is 113 cm³/mol. The van der Waals surface area contributed by atoms with Crippen molar-refractivity contribution in [3.8, 4) is 11.4 Å². The molecule has 8 heteroatoms.